The van der Waals surface area contributed by atoms with Crippen LogP contribution in [-0.4, -0.2) is 50.1 Å². The van der Waals surface area contributed by atoms with E-state index >= 15 is 0 Å². The second-order valence-electron chi connectivity index (χ2n) is 8.70. The molecule has 5 heterocycles. The first-order chi connectivity index (χ1) is 15.3. The summed E-state index contributed by atoms with van der Waals surface area (Å²) in [6.07, 6.45) is 3.37. The molecule has 0 radical (unpaired) electrons. The maximum Gasteiger partial charge on any atom is 0.274 e. The molecule has 32 heavy (non-hydrogen) atoms. The van der Waals surface area contributed by atoms with Gasteiger partial charge in [-0.15, -0.1) is 0 Å². The van der Waals surface area contributed by atoms with E-state index in [1.807, 2.05) is 19.1 Å². The summed E-state index contributed by atoms with van der Waals surface area (Å²) in [4.78, 5) is 19.6. The predicted octanol–water partition coefficient (Wildman–Crippen LogP) is 3.18. The smallest absolute Gasteiger partial charge is 0.274 e. The molecule has 0 bridgehead atoms. The Hall–Kier alpha value is -3.46. The average Bonchev–Trinajstić information content (AvgIpc) is 3.28. The molecule has 0 aromatic carbocycles. The molecule has 4 aromatic heterocycles. The van der Waals surface area contributed by atoms with Crippen LogP contribution in [0.2, 0.25) is 0 Å². The van der Waals surface area contributed by atoms with Gasteiger partial charge in [-0.3, -0.25) is 4.79 Å². The molecular weight excluding hydrogens is 409 g/mol. The summed E-state index contributed by atoms with van der Waals surface area (Å²) in [7, 11) is 0. The van der Waals surface area contributed by atoms with Crippen LogP contribution in [0.15, 0.2) is 36.7 Å². The SMILES string of the molecule is Cc1cn2cc(NC(=O)c3ccc(N4C[C@@H](C)N[C@H](C)C4)c4cc(C)nn34)cc(F)c2n1. The van der Waals surface area contributed by atoms with Gasteiger partial charge in [0.25, 0.3) is 5.91 Å². The summed E-state index contributed by atoms with van der Waals surface area (Å²) >= 11 is 0. The first-order valence-electron chi connectivity index (χ1n) is 10.7. The fourth-order valence-electron chi connectivity index (χ4n) is 4.59. The van der Waals surface area contributed by atoms with E-state index in [1.165, 1.54) is 6.07 Å². The molecule has 0 spiro atoms. The molecule has 9 heteroatoms. The zero-order valence-electron chi connectivity index (χ0n) is 18.6. The van der Waals surface area contributed by atoms with Gasteiger partial charge in [0.15, 0.2) is 11.5 Å². The van der Waals surface area contributed by atoms with E-state index in [0.29, 0.717) is 29.2 Å². The second kappa shape index (κ2) is 7.59. The number of pyridine rings is 2. The number of nitrogens with zero attached hydrogens (tertiary/aromatic N) is 5. The standard InChI is InChI=1S/C23H26FN7O/c1-13-7-21-19(29-9-14(2)25-15(3)10-29)5-6-20(31(21)28-13)23(32)27-17-8-18(24)22-26-16(4)11-30(22)12-17/h5-8,11-12,14-15,25H,9-10H2,1-4H3,(H,27,32)/t14-,15-/m1/s1. The number of halogens is 1. The lowest BCUT2D eigenvalue weighted by Gasteiger charge is -2.38. The lowest BCUT2D eigenvalue weighted by molar-refractivity contribution is 0.102. The molecule has 0 aliphatic carbocycles. The zero-order chi connectivity index (χ0) is 22.6. The van der Waals surface area contributed by atoms with Crippen LogP contribution >= 0.6 is 0 Å². The van der Waals surface area contributed by atoms with Crippen LogP contribution < -0.4 is 15.5 Å². The van der Waals surface area contributed by atoms with Crippen LogP contribution in [0.4, 0.5) is 15.8 Å². The zero-order valence-corrected chi connectivity index (χ0v) is 18.6. The Labute approximate surface area is 185 Å². The predicted molar refractivity (Wildman–Crippen MR) is 122 cm³/mol. The highest BCUT2D eigenvalue weighted by molar-refractivity contribution is 6.04. The minimum atomic E-state index is -0.492. The number of carbonyl (C=O) groups excluding carboxylic acids is 1. The largest absolute Gasteiger partial charge is 0.367 e. The van der Waals surface area contributed by atoms with Crippen LogP contribution in [0.1, 0.15) is 35.7 Å². The highest BCUT2D eigenvalue weighted by Gasteiger charge is 2.24. The van der Waals surface area contributed by atoms with Crippen molar-refractivity contribution in [2.45, 2.75) is 39.8 Å². The van der Waals surface area contributed by atoms with E-state index in [9.17, 15) is 9.18 Å². The van der Waals surface area contributed by atoms with Gasteiger partial charge < -0.3 is 19.9 Å². The van der Waals surface area contributed by atoms with Gasteiger partial charge in [0, 0.05) is 43.6 Å². The summed E-state index contributed by atoms with van der Waals surface area (Å²) in [6, 6.07) is 7.74. The molecule has 1 aliphatic rings. The molecule has 4 aromatic rings. The Balaban J connectivity index is 1.50. The number of hydrogen-bond acceptors (Lipinski definition) is 5. The lowest BCUT2D eigenvalue weighted by atomic mass is 10.1. The van der Waals surface area contributed by atoms with E-state index in [0.717, 1.165) is 30.0 Å². The molecule has 8 nitrogen and oxygen atoms in total. The van der Waals surface area contributed by atoms with Crippen LogP contribution in [0.5, 0.6) is 0 Å². The maximum atomic E-state index is 14.4. The number of imidazole rings is 1. The van der Waals surface area contributed by atoms with Gasteiger partial charge in [0.2, 0.25) is 0 Å². The average molecular weight is 436 g/mol. The Morgan fingerprint density at radius 3 is 2.62 bits per heavy atom. The summed E-state index contributed by atoms with van der Waals surface area (Å²) in [5.74, 6) is -0.851. The maximum absolute atomic E-state index is 14.4. The molecule has 1 aliphatic heterocycles. The van der Waals surface area contributed by atoms with Gasteiger partial charge in [0.1, 0.15) is 5.69 Å². The molecule has 1 saturated heterocycles. The van der Waals surface area contributed by atoms with E-state index in [4.69, 9.17) is 0 Å². The Bertz CT molecular complexity index is 1330. The first kappa shape index (κ1) is 20.4. The number of anilines is 2. The molecule has 1 fully saturated rings. The fourth-order valence-corrected chi connectivity index (χ4v) is 4.59. The number of carbonyl (C=O) groups is 1. The molecule has 2 atom stereocenters. The molecular formula is C23H26FN7O. The number of aryl methyl sites for hydroxylation is 2. The topological polar surface area (TPSA) is 79.0 Å². The van der Waals surface area contributed by atoms with Gasteiger partial charge in [-0.05, 0) is 45.9 Å². The fraction of sp³-hybridized carbons (Fsp3) is 0.348. The number of piperazine rings is 1. The molecule has 5 rings (SSSR count). The number of fused-ring (bicyclic) bond motifs is 2. The van der Waals surface area contributed by atoms with Crippen LogP contribution in [0, 0.1) is 19.7 Å². The quantitative estimate of drug-likeness (QED) is 0.517. The summed E-state index contributed by atoms with van der Waals surface area (Å²) in [6.45, 7) is 9.79. The Morgan fingerprint density at radius 1 is 1.12 bits per heavy atom. The van der Waals surface area contributed by atoms with E-state index in [2.05, 4.69) is 39.5 Å². The number of hydrogen-bond donors (Lipinski definition) is 2. The third kappa shape index (κ3) is 3.58. The number of rotatable bonds is 3. The van der Waals surface area contributed by atoms with Crippen molar-refractivity contribution in [2.24, 2.45) is 0 Å². The summed E-state index contributed by atoms with van der Waals surface area (Å²) in [5, 5.41) is 10.9. The summed E-state index contributed by atoms with van der Waals surface area (Å²) in [5.41, 5.74) is 4.41. The van der Waals surface area contributed by atoms with Gasteiger partial charge in [-0.1, -0.05) is 0 Å². The van der Waals surface area contributed by atoms with E-state index in [-0.39, 0.29) is 11.6 Å². The van der Waals surface area contributed by atoms with Crippen molar-refractivity contribution >= 4 is 28.4 Å². The number of nitrogens with one attached hydrogen (secondary N) is 2. The third-order valence-electron chi connectivity index (χ3n) is 5.74. The lowest BCUT2D eigenvalue weighted by Crippen LogP contribution is -2.54. The van der Waals surface area contributed by atoms with Crippen LogP contribution in [-0.2, 0) is 0 Å². The molecule has 0 unspecified atom stereocenters. The van der Waals surface area contributed by atoms with Crippen molar-refractivity contribution in [1.29, 1.82) is 0 Å². The normalized spacial score (nSPS) is 19.1. The highest BCUT2D eigenvalue weighted by atomic mass is 19.1. The Kier molecular flexibility index (Phi) is 4.85. The van der Waals surface area contributed by atoms with Gasteiger partial charge in [-0.2, -0.15) is 5.10 Å². The van der Waals surface area contributed by atoms with Crippen molar-refractivity contribution in [2.75, 3.05) is 23.3 Å². The second-order valence-corrected chi connectivity index (χ2v) is 8.70. The molecule has 166 valence electrons. The first-order valence-corrected chi connectivity index (χ1v) is 10.7. The van der Waals surface area contributed by atoms with Crippen LogP contribution in [0.3, 0.4) is 0 Å². The van der Waals surface area contributed by atoms with Crippen molar-refractivity contribution < 1.29 is 9.18 Å². The van der Waals surface area contributed by atoms with Crippen molar-refractivity contribution in [1.82, 2.24) is 24.3 Å². The van der Waals surface area contributed by atoms with Gasteiger partial charge >= 0.3 is 0 Å². The van der Waals surface area contributed by atoms with Crippen LogP contribution in [0.25, 0.3) is 11.2 Å². The third-order valence-corrected chi connectivity index (χ3v) is 5.74. The number of aromatic nitrogens is 4. The number of amides is 1. The van der Waals surface area contributed by atoms with E-state index < -0.39 is 5.82 Å². The molecule has 1 amide bonds. The summed E-state index contributed by atoms with van der Waals surface area (Å²) < 4.78 is 17.7. The van der Waals surface area contributed by atoms with Gasteiger partial charge in [-0.25, -0.2) is 13.9 Å². The van der Waals surface area contributed by atoms with E-state index in [1.54, 1.807) is 34.3 Å². The Morgan fingerprint density at radius 2 is 1.88 bits per heavy atom. The van der Waals surface area contributed by atoms with Crippen molar-refractivity contribution in [3.8, 4) is 0 Å². The minimum Gasteiger partial charge on any atom is -0.367 e. The molecule has 0 saturated carbocycles. The monoisotopic (exact) mass is 435 g/mol. The van der Waals surface area contributed by atoms with Crippen molar-refractivity contribution in [3.63, 3.8) is 0 Å². The minimum absolute atomic E-state index is 0.231. The highest BCUT2D eigenvalue weighted by Crippen LogP contribution is 2.27. The van der Waals surface area contributed by atoms with Crippen molar-refractivity contribution in [3.05, 3.63) is 59.6 Å². The van der Waals surface area contributed by atoms with Gasteiger partial charge in [0.05, 0.1) is 28.3 Å². The molecule has 2 N–H and O–H groups in total.